The van der Waals surface area contributed by atoms with Crippen molar-refractivity contribution in [1.82, 2.24) is 15.2 Å². The monoisotopic (exact) mass is 230 g/mol. The van der Waals surface area contributed by atoms with Crippen LogP contribution in [0.5, 0.6) is 5.75 Å². The SMILES string of the molecule is CCOc1cccnc1NCc1cccnn1. The van der Waals surface area contributed by atoms with Crippen LogP contribution in [0.15, 0.2) is 36.7 Å². The Balaban J connectivity index is 2.03. The molecule has 0 radical (unpaired) electrons. The van der Waals surface area contributed by atoms with E-state index in [4.69, 9.17) is 4.74 Å². The summed E-state index contributed by atoms with van der Waals surface area (Å²) in [4.78, 5) is 4.23. The number of nitrogens with one attached hydrogen (secondary N) is 1. The van der Waals surface area contributed by atoms with Gasteiger partial charge in [-0.1, -0.05) is 0 Å². The number of hydrogen-bond donors (Lipinski definition) is 1. The van der Waals surface area contributed by atoms with Crippen LogP contribution in [-0.4, -0.2) is 21.8 Å². The van der Waals surface area contributed by atoms with E-state index in [1.807, 2.05) is 31.2 Å². The molecule has 0 aliphatic heterocycles. The average Bonchev–Trinajstić information content (AvgIpc) is 2.39. The summed E-state index contributed by atoms with van der Waals surface area (Å²) in [5.74, 6) is 1.47. The van der Waals surface area contributed by atoms with Gasteiger partial charge in [0.15, 0.2) is 11.6 Å². The largest absolute Gasteiger partial charge is 0.490 e. The van der Waals surface area contributed by atoms with E-state index in [9.17, 15) is 0 Å². The third kappa shape index (κ3) is 3.14. The second kappa shape index (κ2) is 5.79. The van der Waals surface area contributed by atoms with Gasteiger partial charge in [-0.15, -0.1) is 0 Å². The van der Waals surface area contributed by atoms with Gasteiger partial charge < -0.3 is 10.1 Å². The van der Waals surface area contributed by atoms with Gasteiger partial charge in [-0.05, 0) is 31.2 Å². The van der Waals surface area contributed by atoms with Crippen LogP contribution >= 0.6 is 0 Å². The Morgan fingerprint density at radius 1 is 1.24 bits per heavy atom. The van der Waals surface area contributed by atoms with Gasteiger partial charge in [0.25, 0.3) is 0 Å². The maximum atomic E-state index is 5.46. The maximum absolute atomic E-state index is 5.46. The molecule has 1 N–H and O–H groups in total. The molecule has 0 bridgehead atoms. The van der Waals surface area contributed by atoms with Crippen molar-refractivity contribution in [3.8, 4) is 5.75 Å². The van der Waals surface area contributed by atoms with Gasteiger partial charge >= 0.3 is 0 Å². The molecule has 0 unspecified atom stereocenters. The molecule has 0 saturated heterocycles. The van der Waals surface area contributed by atoms with E-state index in [1.54, 1.807) is 12.4 Å². The van der Waals surface area contributed by atoms with E-state index in [0.29, 0.717) is 13.2 Å². The normalized spacial score (nSPS) is 9.94. The number of pyridine rings is 1. The molecule has 0 fully saturated rings. The van der Waals surface area contributed by atoms with Crippen molar-refractivity contribution in [2.24, 2.45) is 0 Å². The van der Waals surface area contributed by atoms with Crippen LogP contribution in [0.25, 0.3) is 0 Å². The van der Waals surface area contributed by atoms with Crippen LogP contribution in [-0.2, 0) is 6.54 Å². The third-order valence-corrected chi connectivity index (χ3v) is 2.14. The fraction of sp³-hybridized carbons (Fsp3) is 0.250. The van der Waals surface area contributed by atoms with Gasteiger partial charge in [-0.25, -0.2) is 4.98 Å². The van der Waals surface area contributed by atoms with E-state index in [-0.39, 0.29) is 0 Å². The van der Waals surface area contributed by atoms with Crippen molar-refractivity contribution in [1.29, 1.82) is 0 Å². The Morgan fingerprint density at radius 3 is 2.88 bits per heavy atom. The minimum absolute atomic E-state index is 0.574. The summed E-state index contributed by atoms with van der Waals surface area (Å²) < 4.78 is 5.46. The van der Waals surface area contributed by atoms with E-state index < -0.39 is 0 Å². The molecule has 5 nitrogen and oxygen atoms in total. The van der Waals surface area contributed by atoms with Crippen LogP contribution in [0, 0.1) is 0 Å². The third-order valence-electron chi connectivity index (χ3n) is 2.14. The molecule has 88 valence electrons. The molecule has 0 saturated carbocycles. The predicted octanol–water partition coefficient (Wildman–Crippen LogP) is 1.88. The Bertz CT molecular complexity index is 461. The Kier molecular flexibility index (Phi) is 3.85. The Labute approximate surface area is 99.9 Å². The summed E-state index contributed by atoms with van der Waals surface area (Å²) in [6.45, 7) is 3.13. The lowest BCUT2D eigenvalue weighted by Crippen LogP contribution is -2.06. The molecule has 0 spiro atoms. The lowest BCUT2D eigenvalue weighted by Gasteiger charge is -2.10. The lowest BCUT2D eigenvalue weighted by molar-refractivity contribution is 0.340. The summed E-state index contributed by atoms with van der Waals surface area (Å²) in [6.07, 6.45) is 3.37. The van der Waals surface area contributed by atoms with Crippen molar-refractivity contribution in [2.75, 3.05) is 11.9 Å². The minimum atomic E-state index is 0.574. The summed E-state index contributed by atoms with van der Waals surface area (Å²) in [7, 11) is 0. The van der Waals surface area contributed by atoms with Crippen molar-refractivity contribution >= 4 is 5.82 Å². The van der Waals surface area contributed by atoms with Crippen LogP contribution in [0.2, 0.25) is 0 Å². The van der Waals surface area contributed by atoms with Gasteiger partial charge in [0.05, 0.1) is 18.8 Å². The molecule has 0 amide bonds. The number of nitrogens with zero attached hydrogens (tertiary/aromatic N) is 3. The van der Waals surface area contributed by atoms with Crippen LogP contribution in [0.4, 0.5) is 5.82 Å². The molecule has 0 aliphatic carbocycles. The highest BCUT2D eigenvalue weighted by molar-refractivity contribution is 5.49. The van der Waals surface area contributed by atoms with Gasteiger partial charge in [0.2, 0.25) is 0 Å². The molecule has 0 aromatic carbocycles. The van der Waals surface area contributed by atoms with Crippen LogP contribution in [0.3, 0.4) is 0 Å². The Morgan fingerprint density at radius 2 is 2.12 bits per heavy atom. The highest BCUT2D eigenvalue weighted by Crippen LogP contribution is 2.20. The highest BCUT2D eigenvalue weighted by Gasteiger charge is 2.03. The molecule has 2 rings (SSSR count). The first-order chi connectivity index (χ1) is 8.40. The van der Waals surface area contributed by atoms with Crippen molar-refractivity contribution in [3.63, 3.8) is 0 Å². The van der Waals surface area contributed by atoms with Gasteiger partial charge in [0.1, 0.15) is 0 Å². The number of rotatable bonds is 5. The standard InChI is InChI=1S/C12H14N4O/c1-2-17-11-6-4-7-13-12(11)14-9-10-5-3-8-15-16-10/h3-8H,2,9H2,1H3,(H,13,14). The van der Waals surface area contributed by atoms with Crippen molar-refractivity contribution in [2.45, 2.75) is 13.5 Å². The summed E-state index contributed by atoms with van der Waals surface area (Å²) in [5, 5.41) is 11.0. The first kappa shape index (κ1) is 11.3. The van der Waals surface area contributed by atoms with Crippen LogP contribution < -0.4 is 10.1 Å². The maximum Gasteiger partial charge on any atom is 0.169 e. The zero-order chi connectivity index (χ0) is 11.9. The average molecular weight is 230 g/mol. The Hall–Kier alpha value is -2.17. The van der Waals surface area contributed by atoms with E-state index in [2.05, 4.69) is 20.5 Å². The summed E-state index contributed by atoms with van der Waals surface area (Å²) in [5.41, 5.74) is 0.862. The number of aromatic nitrogens is 3. The fourth-order valence-electron chi connectivity index (χ4n) is 1.40. The summed E-state index contributed by atoms with van der Waals surface area (Å²) in [6, 6.07) is 7.49. The molecular weight excluding hydrogens is 216 g/mol. The highest BCUT2D eigenvalue weighted by atomic mass is 16.5. The van der Waals surface area contributed by atoms with Gasteiger partial charge in [0, 0.05) is 12.4 Å². The molecule has 2 aromatic heterocycles. The fourth-order valence-corrected chi connectivity index (χ4v) is 1.40. The smallest absolute Gasteiger partial charge is 0.169 e. The molecule has 0 aliphatic rings. The van der Waals surface area contributed by atoms with Crippen LogP contribution in [0.1, 0.15) is 12.6 Å². The number of anilines is 1. The molecule has 5 heteroatoms. The topological polar surface area (TPSA) is 59.9 Å². The van der Waals surface area contributed by atoms with E-state index in [1.165, 1.54) is 0 Å². The zero-order valence-corrected chi connectivity index (χ0v) is 9.63. The van der Waals surface area contributed by atoms with Crippen molar-refractivity contribution in [3.05, 3.63) is 42.4 Å². The van der Waals surface area contributed by atoms with Gasteiger partial charge in [-0.3, -0.25) is 0 Å². The van der Waals surface area contributed by atoms with E-state index >= 15 is 0 Å². The lowest BCUT2D eigenvalue weighted by atomic mass is 10.3. The molecular formula is C12H14N4O. The number of ether oxygens (including phenoxy) is 1. The molecule has 2 heterocycles. The van der Waals surface area contributed by atoms with Gasteiger partial charge in [-0.2, -0.15) is 10.2 Å². The molecule has 17 heavy (non-hydrogen) atoms. The first-order valence-electron chi connectivity index (χ1n) is 5.48. The predicted molar refractivity (Wildman–Crippen MR) is 64.8 cm³/mol. The molecule has 2 aromatic rings. The second-order valence-corrected chi connectivity index (χ2v) is 3.35. The molecule has 0 atom stereocenters. The summed E-state index contributed by atoms with van der Waals surface area (Å²) >= 11 is 0. The zero-order valence-electron chi connectivity index (χ0n) is 9.63. The van der Waals surface area contributed by atoms with Crippen molar-refractivity contribution < 1.29 is 4.74 Å². The number of hydrogen-bond acceptors (Lipinski definition) is 5. The minimum Gasteiger partial charge on any atom is -0.490 e. The quantitative estimate of drug-likeness (QED) is 0.849. The van der Waals surface area contributed by atoms with E-state index in [0.717, 1.165) is 17.3 Å². The first-order valence-corrected chi connectivity index (χ1v) is 5.48. The second-order valence-electron chi connectivity index (χ2n) is 3.35.